The van der Waals surface area contributed by atoms with Gasteiger partial charge in [0.15, 0.2) is 5.65 Å². The smallest absolute Gasteiger partial charge is 0.410 e. The highest BCUT2D eigenvalue weighted by Gasteiger charge is 2.31. The van der Waals surface area contributed by atoms with Crippen molar-refractivity contribution in [2.45, 2.75) is 77.0 Å². The molecule has 0 bridgehead atoms. The molecule has 0 radical (unpaired) electrons. The first-order valence-corrected chi connectivity index (χ1v) is 15.2. The molecule has 1 aromatic carbocycles. The van der Waals surface area contributed by atoms with Crippen LogP contribution >= 0.6 is 34.8 Å². The predicted molar refractivity (Wildman–Crippen MR) is 165 cm³/mol. The van der Waals surface area contributed by atoms with Gasteiger partial charge >= 0.3 is 6.09 Å². The molecular formula is C28H35Cl3N8O3. The second-order valence-electron chi connectivity index (χ2n) is 11.9. The number of amides is 2. The van der Waals surface area contributed by atoms with Gasteiger partial charge in [0.1, 0.15) is 11.1 Å². The van der Waals surface area contributed by atoms with Gasteiger partial charge in [-0.05, 0) is 71.4 Å². The number of nitrogens with zero attached hydrogens (tertiary/aromatic N) is 5. The summed E-state index contributed by atoms with van der Waals surface area (Å²) in [5.74, 6) is 0.501. The first-order valence-electron chi connectivity index (χ1n) is 14.1. The van der Waals surface area contributed by atoms with E-state index in [1.54, 1.807) is 23.2 Å². The summed E-state index contributed by atoms with van der Waals surface area (Å²) in [6.45, 7) is 6.69. The molecule has 2 amide bonds. The molecule has 1 saturated carbocycles. The van der Waals surface area contributed by atoms with E-state index in [-0.39, 0.29) is 30.0 Å². The summed E-state index contributed by atoms with van der Waals surface area (Å²) < 4.78 is 7.59. The topological polar surface area (TPSA) is 140 Å². The largest absolute Gasteiger partial charge is 0.444 e. The van der Waals surface area contributed by atoms with E-state index in [2.05, 4.69) is 15.6 Å². The molecule has 2 aromatic heterocycles. The van der Waals surface area contributed by atoms with Crippen LogP contribution in [-0.4, -0.2) is 61.2 Å². The third-order valence-electron chi connectivity index (χ3n) is 7.55. The van der Waals surface area contributed by atoms with Crippen LogP contribution in [0, 0.1) is 5.92 Å². The Hall–Kier alpha value is -3.02. The van der Waals surface area contributed by atoms with Crippen LogP contribution in [0.3, 0.4) is 0 Å². The molecule has 42 heavy (non-hydrogen) atoms. The number of piperidine rings is 1. The normalized spacial score (nSPS) is 21.3. The van der Waals surface area contributed by atoms with E-state index in [0.29, 0.717) is 69.7 Å². The van der Waals surface area contributed by atoms with Crippen LogP contribution in [0.2, 0.25) is 15.1 Å². The van der Waals surface area contributed by atoms with Gasteiger partial charge in [0.25, 0.3) is 0 Å². The lowest BCUT2D eigenvalue weighted by molar-refractivity contribution is -0.122. The summed E-state index contributed by atoms with van der Waals surface area (Å²) in [6.07, 6.45) is 5.80. The maximum Gasteiger partial charge on any atom is 0.410 e. The van der Waals surface area contributed by atoms with E-state index in [9.17, 15) is 9.59 Å². The number of fused-ring (bicyclic) bond motifs is 1. The minimum Gasteiger partial charge on any atom is -0.444 e. The van der Waals surface area contributed by atoms with E-state index < -0.39 is 5.60 Å². The SMILES string of the molecule is CC(C)(C)OC(=O)N1CCC[C@@H](Nc2ncc3nc(Nc4c(Cl)cc(Cl)cc4Cl)n([C@H]4CC[C@H](C(N)=O)CC4)c3n2)C1. The number of hydrogen-bond acceptors (Lipinski definition) is 8. The highest BCUT2D eigenvalue weighted by molar-refractivity contribution is 6.41. The zero-order valence-electron chi connectivity index (χ0n) is 23.8. The van der Waals surface area contributed by atoms with Gasteiger partial charge in [0.2, 0.25) is 17.8 Å². The Balaban J connectivity index is 1.44. The zero-order chi connectivity index (χ0) is 30.2. The van der Waals surface area contributed by atoms with Gasteiger partial charge in [-0.1, -0.05) is 34.8 Å². The molecule has 1 atom stereocenters. The average molecular weight is 638 g/mol. The van der Waals surface area contributed by atoms with Crippen molar-refractivity contribution < 1.29 is 14.3 Å². The Labute approximate surface area is 259 Å². The molecule has 2 fully saturated rings. The molecule has 14 heteroatoms. The van der Waals surface area contributed by atoms with Gasteiger partial charge in [0, 0.05) is 36.1 Å². The highest BCUT2D eigenvalue weighted by atomic mass is 35.5. The Bertz CT molecular complexity index is 1460. The molecule has 3 heterocycles. The third-order valence-corrected chi connectivity index (χ3v) is 8.36. The fraction of sp³-hybridized carbons (Fsp3) is 0.536. The molecule has 1 aliphatic carbocycles. The molecule has 3 aromatic rings. The molecule has 1 aliphatic heterocycles. The van der Waals surface area contributed by atoms with Crippen molar-refractivity contribution >= 4 is 75.6 Å². The molecule has 2 aliphatic rings. The van der Waals surface area contributed by atoms with E-state index in [1.807, 2.05) is 25.3 Å². The number of benzene rings is 1. The summed E-state index contributed by atoms with van der Waals surface area (Å²) in [5.41, 5.74) is 6.71. The number of hydrogen-bond donors (Lipinski definition) is 3. The summed E-state index contributed by atoms with van der Waals surface area (Å²) in [5, 5.41) is 7.81. The summed E-state index contributed by atoms with van der Waals surface area (Å²) in [6, 6.07) is 3.16. The monoisotopic (exact) mass is 636 g/mol. The Morgan fingerprint density at radius 1 is 1.05 bits per heavy atom. The number of anilines is 3. The summed E-state index contributed by atoms with van der Waals surface area (Å²) in [4.78, 5) is 40.4. The quantitative estimate of drug-likeness (QED) is 0.276. The minimum absolute atomic E-state index is 0.00181. The number of ether oxygens (including phenoxy) is 1. The maximum atomic E-state index is 12.7. The van der Waals surface area contributed by atoms with Crippen LogP contribution in [0.15, 0.2) is 18.3 Å². The fourth-order valence-corrected chi connectivity index (χ4v) is 6.47. The molecular weight excluding hydrogens is 603 g/mol. The molecule has 5 rings (SSSR count). The lowest BCUT2D eigenvalue weighted by atomic mass is 9.85. The number of rotatable bonds is 6. The molecule has 226 valence electrons. The number of nitrogens with two attached hydrogens (primary N) is 1. The first kappa shape index (κ1) is 30.4. The van der Waals surface area contributed by atoms with Crippen LogP contribution in [0.25, 0.3) is 11.2 Å². The van der Waals surface area contributed by atoms with Crippen molar-refractivity contribution in [3.63, 3.8) is 0 Å². The molecule has 0 spiro atoms. The van der Waals surface area contributed by atoms with Gasteiger partial charge in [-0.2, -0.15) is 4.98 Å². The maximum absolute atomic E-state index is 12.7. The summed E-state index contributed by atoms with van der Waals surface area (Å²) >= 11 is 19.1. The van der Waals surface area contributed by atoms with Gasteiger partial charge in [-0.3, -0.25) is 9.36 Å². The number of primary amides is 1. The highest BCUT2D eigenvalue weighted by Crippen LogP contribution is 2.40. The zero-order valence-corrected chi connectivity index (χ0v) is 26.1. The van der Waals surface area contributed by atoms with Crippen LogP contribution in [0.4, 0.5) is 22.4 Å². The van der Waals surface area contributed by atoms with Crippen molar-refractivity contribution in [1.29, 1.82) is 0 Å². The van der Waals surface area contributed by atoms with Crippen molar-refractivity contribution in [2.75, 3.05) is 23.7 Å². The second kappa shape index (κ2) is 12.3. The van der Waals surface area contributed by atoms with E-state index in [4.69, 9.17) is 55.2 Å². The second-order valence-corrected chi connectivity index (χ2v) is 13.1. The number of aromatic nitrogens is 4. The van der Waals surface area contributed by atoms with E-state index in [0.717, 1.165) is 25.7 Å². The Morgan fingerprint density at radius 2 is 1.74 bits per heavy atom. The Morgan fingerprint density at radius 3 is 2.38 bits per heavy atom. The molecule has 1 saturated heterocycles. The lowest BCUT2D eigenvalue weighted by Crippen LogP contribution is -2.47. The number of likely N-dealkylation sites (tertiary alicyclic amines) is 1. The number of imidazole rings is 1. The van der Waals surface area contributed by atoms with E-state index >= 15 is 0 Å². The van der Waals surface area contributed by atoms with Crippen molar-refractivity contribution in [3.8, 4) is 0 Å². The third kappa shape index (κ3) is 6.95. The van der Waals surface area contributed by atoms with Crippen molar-refractivity contribution in [2.24, 2.45) is 11.7 Å². The van der Waals surface area contributed by atoms with Gasteiger partial charge in [0.05, 0.1) is 21.9 Å². The predicted octanol–water partition coefficient (Wildman–Crippen LogP) is 6.56. The van der Waals surface area contributed by atoms with E-state index in [1.165, 1.54) is 0 Å². The molecule has 11 nitrogen and oxygen atoms in total. The van der Waals surface area contributed by atoms with Gasteiger partial charge in [-0.25, -0.2) is 14.8 Å². The standard InChI is InChI=1S/C28H35Cl3N8O3/c1-28(2,3)42-27(41)38-10-4-5-17(14-38)34-25-33-13-21-24(37-25)39(18-8-6-15(7-9-18)23(32)40)26(35-21)36-22-19(30)11-16(29)12-20(22)31/h11-13,15,17-18H,4-10,14H2,1-3H3,(H2,32,40)(H,35,36)(H,33,34,37)/t15-,17-,18-/m1/s1. The lowest BCUT2D eigenvalue weighted by Gasteiger charge is -2.34. The fourth-order valence-electron chi connectivity index (χ4n) is 5.56. The van der Waals surface area contributed by atoms with Crippen molar-refractivity contribution in [1.82, 2.24) is 24.4 Å². The summed E-state index contributed by atoms with van der Waals surface area (Å²) in [7, 11) is 0. The van der Waals surface area contributed by atoms with Crippen LogP contribution in [0.5, 0.6) is 0 Å². The minimum atomic E-state index is -0.563. The first-order chi connectivity index (χ1) is 19.9. The number of carbonyl (C=O) groups excluding carboxylic acids is 2. The Kier molecular flexibility index (Phi) is 8.91. The van der Waals surface area contributed by atoms with Gasteiger partial charge in [-0.15, -0.1) is 0 Å². The van der Waals surface area contributed by atoms with Crippen LogP contribution in [-0.2, 0) is 9.53 Å². The van der Waals surface area contributed by atoms with Crippen molar-refractivity contribution in [3.05, 3.63) is 33.4 Å². The van der Waals surface area contributed by atoms with Gasteiger partial charge < -0.3 is 26.0 Å². The number of nitrogens with one attached hydrogen (secondary N) is 2. The average Bonchev–Trinajstić information content (AvgIpc) is 3.27. The molecule has 0 unspecified atom stereocenters. The molecule has 4 N–H and O–H groups in total. The number of halogens is 3. The number of carbonyl (C=O) groups is 2. The van der Waals surface area contributed by atoms with Crippen LogP contribution in [0.1, 0.15) is 65.3 Å². The van der Waals surface area contributed by atoms with Crippen LogP contribution < -0.4 is 16.4 Å².